The lowest BCUT2D eigenvalue weighted by atomic mass is 9.89. The van der Waals surface area contributed by atoms with Crippen LogP contribution in [0.25, 0.3) is 0 Å². The van der Waals surface area contributed by atoms with Crippen molar-refractivity contribution >= 4 is 75.0 Å². The molecule has 2 unspecified atom stereocenters. The van der Waals surface area contributed by atoms with Gasteiger partial charge in [-0.2, -0.15) is 9.36 Å². The number of aliphatic carboxylic acids is 1. The SMILES string of the molecule is Nc1nc(C(=NOC2CCCC2)C(=O)NC2C(=O)N3CC(CSc4nncs4)(C(=O)O)CS[C@H]23)ns1. The molecule has 2 saturated heterocycles. The first-order valence-electron chi connectivity index (χ1n) is 11.0. The summed E-state index contributed by atoms with van der Waals surface area (Å²) in [7, 11) is 0. The number of nitrogens with two attached hydrogens (primary N) is 1. The van der Waals surface area contributed by atoms with Crippen LogP contribution < -0.4 is 11.1 Å². The number of carbonyl (C=O) groups is 3. The Bertz CT molecular complexity index is 1170. The first-order valence-corrected chi connectivity index (χ1v) is 14.7. The van der Waals surface area contributed by atoms with E-state index < -0.39 is 23.3 Å². The number of rotatable bonds is 9. The summed E-state index contributed by atoms with van der Waals surface area (Å²) in [6.45, 7) is 0.0485. The van der Waals surface area contributed by atoms with Gasteiger partial charge in [0.05, 0.1) is 0 Å². The number of oxime groups is 1. The van der Waals surface area contributed by atoms with Gasteiger partial charge in [0, 0.05) is 29.6 Å². The highest BCUT2D eigenvalue weighted by Crippen LogP contribution is 2.44. The predicted molar refractivity (Wildman–Crippen MR) is 135 cm³/mol. The lowest BCUT2D eigenvalue weighted by molar-refractivity contribution is -0.157. The van der Waals surface area contributed by atoms with Crippen molar-refractivity contribution in [1.29, 1.82) is 0 Å². The normalized spacial score (nSPS) is 26.4. The van der Waals surface area contributed by atoms with Crippen LogP contribution in [0, 0.1) is 5.41 Å². The monoisotopic (exact) mass is 570 g/mol. The number of amides is 2. The minimum atomic E-state index is -1.13. The van der Waals surface area contributed by atoms with Gasteiger partial charge < -0.3 is 25.9 Å². The Morgan fingerprint density at radius 3 is 2.86 bits per heavy atom. The second kappa shape index (κ2) is 10.5. The minimum Gasteiger partial charge on any atom is -0.481 e. The Hall–Kier alpha value is -2.50. The van der Waals surface area contributed by atoms with Crippen LogP contribution in [0.15, 0.2) is 15.0 Å². The maximum absolute atomic E-state index is 13.1. The summed E-state index contributed by atoms with van der Waals surface area (Å²) >= 11 is 4.90. The third-order valence-electron chi connectivity index (χ3n) is 6.16. The second-order valence-electron chi connectivity index (χ2n) is 8.61. The predicted octanol–water partition coefficient (Wildman–Crippen LogP) is 0.898. The van der Waals surface area contributed by atoms with Crippen molar-refractivity contribution in [3.8, 4) is 0 Å². The van der Waals surface area contributed by atoms with Crippen LogP contribution >= 0.6 is 46.4 Å². The van der Waals surface area contributed by atoms with E-state index in [0.717, 1.165) is 37.2 Å². The van der Waals surface area contributed by atoms with Crippen molar-refractivity contribution in [3.05, 3.63) is 11.3 Å². The summed E-state index contributed by atoms with van der Waals surface area (Å²) < 4.78 is 4.74. The number of nitrogens with one attached hydrogen (secondary N) is 1. The first-order chi connectivity index (χ1) is 17.4. The van der Waals surface area contributed by atoms with Gasteiger partial charge in [-0.3, -0.25) is 14.4 Å². The number of carboxylic acid groups (broad SMARTS) is 1. The van der Waals surface area contributed by atoms with Crippen LogP contribution in [0.4, 0.5) is 5.13 Å². The number of hydrogen-bond acceptors (Lipinski definition) is 14. The van der Waals surface area contributed by atoms with E-state index >= 15 is 0 Å². The summed E-state index contributed by atoms with van der Waals surface area (Å²) in [5, 5.41) is 24.2. The molecule has 5 rings (SSSR count). The summed E-state index contributed by atoms with van der Waals surface area (Å²) in [6, 6.07) is -0.822. The molecule has 36 heavy (non-hydrogen) atoms. The van der Waals surface area contributed by atoms with Crippen LogP contribution in [0.3, 0.4) is 0 Å². The third kappa shape index (κ3) is 5.01. The van der Waals surface area contributed by atoms with Gasteiger partial charge in [-0.15, -0.1) is 22.0 Å². The zero-order valence-electron chi connectivity index (χ0n) is 18.7. The molecule has 0 aromatic carbocycles. The Balaban J connectivity index is 1.25. The zero-order valence-corrected chi connectivity index (χ0v) is 22.0. The molecule has 0 radical (unpaired) electrons. The van der Waals surface area contributed by atoms with Gasteiger partial charge in [0.15, 0.2) is 9.47 Å². The molecule has 0 spiro atoms. The van der Waals surface area contributed by atoms with E-state index in [1.165, 1.54) is 39.8 Å². The molecule has 3 atom stereocenters. The molecular formula is C19H22N8O5S4. The maximum Gasteiger partial charge on any atom is 0.313 e. The van der Waals surface area contributed by atoms with Gasteiger partial charge in [0.25, 0.3) is 5.91 Å². The summed E-state index contributed by atoms with van der Waals surface area (Å²) in [6.07, 6.45) is 3.68. The van der Waals surface area contributed by atoms with Crippen LogP contribution in [-0.2, 0) is 19.2 Å². The number of thioether (sulfide) groups is 2. The molecule has 1 aliphatic carbocycles. The molecular weight excluding hydrogens is 549 g/mol. The Labute approximate surface area is 221 Å². The summed E-state index contributed by atoms with van der Waals surface area (Å²) in [4.78, 5) is 49.4. The number of carbonyl (C=O) groups excluding carboxylic acids is 2. The molecule has 2 aliphatic heterocycles. The molecule has 1 saturated carbocycles. The van der Waals surface area contributed by atoms with Crippen molar-refractivity contribution < 1.29 is 24.3 Å². The van der Waals surface area contributed by atoms with E-state index in [9.17, 15) is 19.5 Å². The largest absolute Gasteiger partial charge is 0.481 e. The molecule has 2 aromatic rings. The van der Waals surface area contributed by atoms with Crippen LogP contribution in [0.5, 0.6) is 0 Å². The van der Waals surface area contributed by atoms with E-state index in [0.29, 0.717) is 4.34 Å². The lowest BCUT2D eigenvalue weighted by Crippen LogP contribution is -2.74. The molecule has 4 N–H and O–H groups in total. The van der Waals surface area contributed by atoms with Gasteiger partial charge in [-0.25, -0.2) is 0 Å². The van der Waals surface area contributed by atoms with Crippen molar-refractivity contribution in [1.82, 2.24) is 29.8 Å². The van der Waals surface area contributed by atoms with Crippen molar-refractivity contribution in [2.24, 2.45) is 10.6 Å². The average Bonchev–Trinajstić information content (AvgIpc) is 3.65. The van der Waals surface area contributed by atoms with Crippen LogP contribution in [0.2, 0.25) is 0 Å². The molecule has 3 aliphatic rings. The highest BCUT2D eigenvalue weighted by atomic mass is 32.2. The zero-order chi connectivity index (χ0) is 25.3. The number of anilines is 1. The number of nitrogen functional groups attached to an aromatic ring is 1. The van der Waals surface area contributed by atoms with E-state index in [2.05, 4.69) is 30.0 Å². The average molecular weight is 571 g/mol. The highest BCUT2D eigenvalue weighted by molar-refractivity contribution is 8.01. The van der Waals surface area contributed by atoms with Gasteiger partial charge in [0.2, 0.25) is 17.4 Å². The van der Waals surface area contributed by atoms with Gasteiger partial charge in [-0.05, 0) is 25.7 Å². The van der Waals surface area contributed by atoms with E-state index in [-0.39, 0.29) is 52.1 Å². The summed E-state index contributed by atoms with van der Waals surface area (Å²) in [5.74, 6) is -1.40. The molecule has 13 nitrogen and oxygen atoms in total. The minimum absolute atomic E-state index is 0.0338. The van der Waals surface area contributed by atoms with Gasteiger partial charge in [-0.1, -0.05) is 28.3 Å². The topological polar surface area (TPSA) is 186 Å². The number of hydrogen-bond donors (Lipinski definition) is 3. The molecule has 3 fully saturated rings. The van der Waals surface area contributed by atoms with Crippen molar-refractivity contribution in [2.75, 3.05) is 23.8 Å². The Morgan fingerprint density at radius 1 is 1.39 bits per heavy atom. The number of aromatic nitrogens is 4. The molecule has 192 valence electrons. The standard InChI is InChI=1S/C19H22N8O5S4/c20-17-23-12(26-36-17)10(25-32-9-3-1-2-4-9)13(28)22-11-14(29)27-5-19(16(30)31,6-33-15(11)27)7-34-18-24-21-8-35-18/h8-9,11,15H,1-7H2,(H,22,28)(H,30,31)(H2,20,23,26)/t11?,15-,19?/m1/s1. The second-order valence-corrected chi connectivity index (χ2v) is 12.5. The van der Waals surface area contributed by atoms with Crippen LogP contribution in [0.1, 0.15) is 31.5 Å². The highest BCUT2D eigenvalue weighted by Gasteiger charge is 2.57. The molecule has 0 bridgehead atoms. The number of nitrogens with zero attached hydrogens (tertiary/aromatic N) is 6. The van der Waals surface area contributed by atoms with E-state index in [1.807, 2.05) is 0 Å². The Kier molecular flexibility index (Phi) is 7.32. The number of carboxylic acids is 1. The quantitative estimate of drug-likeness (QED) is 0.168. The first kappa shape index (κ1) is 25.2. The van der Waals surface area contributed by atoms with Gasteiger partial charge >= 0.3 is 5.97 Å². The van der Waals surface area contributed by atoms with Gasteiger partial charge in [0.1, 0.15) is 28.4 Å². The molecule has 17 heteroatoms. The fourth-order valence-electron chi connectivity index (χ4n) is 4.18. The number of β-lactam (4-membered cyclic amide) rings is 1. The lowest BCUT2D eigenvalue weighted by Gasteiger charge is -2.53. The fourth-order valence-corrected chi connectivity index (χ4v) is 7.96. The summed E-state index contributed by atoms with van der Waals surface area (Å²) in [5.41, 5.74) is 5.99. The van der Waals surface area contributed by atoms with Crippen molar-refractivity contribution in [2.45, 2.75) is 47.5 Å². The van der Waals surface area contributed by atoms with E-state index in [1.54, 1.807) is 5.51 Å². The fraction of sp³-hybridized carbons (Fsp3) is 0.579. The maximum atomic E-state index is 13.1. The van der Waals surface area contributed by atoms with Crippen LogP contribution in [-0.4, -0.2) is 88.6 Å². The third-order valence-corrected chi connectivity index (χ3v) is 10.4. The van der Waals surface area contributed by atoms with Crippen molar-refractivity contribution in [3.63, 3.8) is 0 Å². The smallest absolute Gasteiger partial charge is 0.313 e. The molecule has 2 aromatic heterocycles. The van der Waals surface area contributed by atoms with E-state index in [4.69, 9.17) is 10.6 Å². The molecule has 4 heterocycles. The molecule has 2 amide bonds. The Morgan fingerprint density at radius 2 is 2.19 bits per heavy atom. The number of fused-ring (bicyclic) bond motifs is 1.